The highest BCUT2D eigenvalue weighted by Gasteiger charge is 2.03. The van der Waals surface area contributed by atoms with Gasteiger partial charge < -0.3 is 0 Å². The molecule has 70 valence electrons. The minimum Gasteiger partial charge on any atom is -0.205 e. The predicted molar refractivity (Wildman–Crippen MR) is 48.9 cm³/mol. The topological polar surface area (TPSA) is 55.4 Å². The zero-order valence-electron chi connectivity index (χ0n) is 7.83. The van der Waals surface area contributed by atoms with Crippen molar-refractivity contribution in [3.05, 3.63) is 30.9 Å². The van der Waals surface area contributed by atoms with Crippen molar-refractivity contribution in [3.63, 3.8) is 0 Å². The molecule has 2 aromatic rings. The third-order valence-corrected chi connectivity index (χ3v) is 1.92. The number of aryl methyl sites for hydroxylation is 1. The fourth-order valence-electron chi connectivity index (χ4n) is 1.14. The first-order valence-corrected chi connectivity index (χ1v) is 4.40. The number of pyridine rings is 1. The van der Waals surface area contributed by atoms with Gasteiger partial charge in [0.1, 0.15) is 6.54 Å². The summed E-state index contributed by atoms with van der Waals surface area (Å²) in [5.74, 6) is 0.552. The summed E-state index contributed by atoms with van der Waals surface area (Å²) in [6, 6.07) is 3.89. The van der Waals surface area contributed by atoms with Crippen LogP contribution in [0, 0.1) is 0 Å². The van der Waals surface area contributed by atoms with Gasteiger partial charge in [0.25, 0.3) is 0 Å². The van der Waals surface area contributed by atoms with Gasteiger partial charge in [-0.1, -0.05) is 0 Å². The van der Waals surface area contributed by atoms with E-state index in [1.165, 1.54) is 6.33 Å². The average Bonchev–Trinajstić information content (AvgIpc) is 2.30. The van der Waals surface area contributed by atoms with E-state index in [9.17, 15) is 0 Å². The van der Waals surface area contributed by atoms with Crippen LogP contribution in [0.3, 0.4) is 0 Å². The number of nitrogens with zero attached hydrogens (tertiary/aromatic N) is 5. The van der Waals surface area contributed by atoms with E-state index in [0.29, 0.717) is 5.82 Å². The molecule has 0 bridgehead atoms. The third kappa shape index (κ3) is 1.71. The summed E-state index contributed by atoms with van der Waals surface area (Å²) in [4.78, 5) is 0. The Hall–Kier alpha value is -1.91. The zero-order valence-corrected chi connectivity index (χ0v) is 7.83. The SMILES string of the molecule is CC[n+]1ccc(-c2nncnn2)cc1. The van der Waals surface area contributed by atoms with Gasteiger partial charge in [0.15, 0.2) is 18.7 Å². The number of hydrogen-bond donors (Lipinski definition) is 0. The maximum atomic E-state index is 3.87. The van der Waals surface area contributed by atoms with Crippen LogP contribution in [0.15, 0.2) is 30.9 Å². The molecule has 0 aliphatic carbocycles. The van der Waals surface area contributed by atoms with Gasteiger partial charge in [-0.2, -0.15) is 0 Å². The van der Waals surface area contributed by atoms with Crippen molar-refractivity contribution in [2.45, 2.75) is 13.5 Å². The van der Waals surface area contributed by atoms with Crippen molar-refractivity contribution in [1.82, 2.24) is 20.4 Å². The van der Waals surface area contributed by atoms with Crippen molar-refractivity contribution >= 4 is 0 Å². The van der Waals surface area contributed by atoms with Gasteiger partial charge in [0.05, 0.1) is 0 Å². The van der Waals surface area contributed by atoms with Crippen molar-refractivity contribution in [2.24, 2.45) is 0 Å². The summed E-state index contributed by atoms with van der Waals surface area (Å²) in [6.45, 7) is 3.04. The van der Waals surface area contributed by atoms with Crippen LogP contribution in [0.4, 0.5) is 0 Å². The molecule has 2 heterocycles. The molecule has 5 heteroatoms. The lowest BCUT2D eigenvalue weighted by molar-refractivity contribution is -0.693. The van der Waals surface area contributed by atoms with Gasteiger partial charge in [-0.15, -0.1) is 20.4 Å². The van der Waals surface area contributed by atoms with Crippen molar-refractivity contribution < 1.29 is 4.57 Å². The largest absolute Gasteiger partial charge is 0.205 e. The molecule has 0 amide bonds. The summed E-state index contributed by atoms with van der Waals surface area (Å²) in [5.41, 5.74) is 0.926. The molecular weight excluding hydrogens is 178 g/mol. The van der Waals surface area contributed by atoms with Crippen LogP contribution in [-0.4, -0.2) is 20.4 Å². The van der Waals surface area contributed by atoms with E-state index < -0.39 is 0 Å². The molecule has 0 saturated heterocycles. The highest BCUT2D eigenvalue weighted by molar-refractivity contribution is 5.51. The standard InChI is InChI=1S/C9H10N5/c1-2-14-5-3-8(4-6-14)9-12-10-7-11-13-9/h3-7H,2H2,1H3/q+1. The maximum absolute atomic E-state index is 3.87. The molecule has 0 N–H and O–H groups in total. The molecule has 0 fully saturated rings. The predicted octanol–water partition coefficient (Wildman–Crippen LogP) is 0.241. The second-order valence-electron chi connectivity index (χ2n) is 2.79. The first kappa shape index (κ1) is 8.68. The van der Waals surface area contributed by atoms with Gasteiger partial charge in [0, 0.05) is 17.7 Å². The fourth-order valence-corrected chi connectivity index (χ4v) is 1.14. The monoisotopic (exact) mass is 188 g/mol. The Morgan fingerprint density at radius 1 is 1.14 bits per heavy atom. The van der Waals surface area contributed by atoms with Crippen LogP contribution in [0.25, 0.3) is 11.4 Å². The Balaban J connectivity index is 2.34. The van der Waals surface area contributed by atoms with Crippen LogP contribution < -0.4 is 4.57 Å². The van der Waals surface area contributed by atoms with Gasteiger partial charge in [-0.05, 0) is 6.92 Å². The van der Waals surface area contributed by atoms with Crippen molar-refractivity contribution in [2.75, 3.05) is 0 Å². The molecule has 0 spiro atoms. The number of rotatable bonds is 2. The lowest BCUT2D eigenvalue weighted by atomic mass is 10.2. The molecule has 5 nitrogen and oxygen atoms in total. The molecule has 0 aromatic carbocycles. The van der Waals surface area contributed by atoms with Gasteiger partial charge >= 0.3 is 0 Å². The number of hydrogen-bond acceptors (Lipinski definition) is 4. The Bertz CT molecular complexity index is 397. The molecule has 0 aliphatic heterocycles. The molecule has 0 unspecified atom stereocenters. The van der Waals surface area contributed by atoms with E-state index >= 15 is 0 Å². The zero-order chi connectivity index (χ0) is 9.80. The average molecular weight is 188 g/mol. The summed E-state index contributed by atoms with van der Waals surface area (Å²) < 4.78 is 2.06. The van der Waals surface area contributed by atoms with Crippen molar-refractivity contribution in [3.8, 4) is 11.4 Å². The highest BCUT2D eigenvalue weighted by Crippen LogP contribution is 2.08. The summed E-state index contributed by atoms with van der Waals surface area (Å²) in [6.07, 6.45) is 5.27. The van der Waals surface area contributed by atoms with Crippen LogP contribution >= 0.6 is 0 Å². The first-order valence-electron chi connectivity index (χ1n) is 4.40. The summed E-state index contributed by atoms with van der Waals surface area (Å²) in [7, 11) is 0. The second kappa shape index (κ2) is 3.87. The van der Waals surface area contributed by atoms with Crippen LogP contribution in [0.5, 0.6) is 0 Å². The summed E-state index contributed by atoms with van der Waals surface area (Å²) >= 11 is 0. The molecule has 0 aliphatic rings. The van der Waals surface area contributed by atoms with Gasteiger partial charge in [0.2, 0.25) is 5.82 Å². The molecule has 2 rings (SSSR count). The molecule has 0 saturated carbocycles. The van der Waals surface area contributed by atoms with Gasteiger partial charge in [-0.3, -0.25) is 0 Å². The third-order valence-electron chi connectivity index (χ3n) is 1.92. The number of aromatic nitrogens is 5. The first-order chi connectivity index (χ1) is 6.90. The Morgan fingerprint density at radius 3 is 2.36 bits per heavy atom. The van der Waals surface area contributed by atoms with Crippen LogP contribution in [0.1, 0.15) is 6.92 Å². The van der Waals surface area contributed by atoms with E-state index in [1.54, 1.807) is 0 Å². The van der Waals surface area contributed by atoms with E-state index in [0.717, 1.165) is 12.1 Å². The molecule has 0 radical (unpaired) electrons. The second-order valence-corrected chi connectivity index (χ2v) is 2.79. The Kier molecular flexibility index (Phi) is 2.40. The Morgan fingerprint density at radius 2 is 1.79 bits per heavy atom. The smallest absolute Gasteiger partial charge is 0.204 e. The minimum absolute atomic E-state index is 0.552. The minimum atomic E-state index is 0.552. The summed E-state index contributed by atoms with van der Waals surface area (Å²) in [5, 5.41) is 15.1. The van der Waals surface area contributed by atoms with E-state index in [2.05, 4.69) is 31.9 Å². The van der Waals surface area contributed by atoms with E-state index in [-0.39, 0.29) is 0 Å². The highest BCUT2D eigenvalue weighted by atomic mass is 15.3. The normalized spacial score (nSPS) is 10.1. The van der Waals surface area contributed by atoms with Gasteiger partial charge in [-0.25, -0.2) is 4.57 Å². The lowest BCUT2D eigenvalue weighted by Crippen LogP contribution is -2.30. The maximum Gasteiger partial charge on any atom is 0.204 e. The lowest BCUT2D eigenvalue weighted by Gasteiger charge is -1.95. The molecular formula is C9H10N5+. The molecule has 0 atom stereocenters. The van der Waals surface area contributed by atoms with E-state index in [1.807, 2.05) is 24.5 Å². The van der Waals surface area contributed by atoms with Crippen LogP contribution in [-0.2, 0) is 6.54 Å². The molecule has 2 aromatic heterocycles. The fraction of sp³-hybridized carbons (Fsp3) is 0.222. The van der Waals surface area contributed by atoms with E-state index in [4.69, 9.17) is 0 Å². The Labute approximate surface area is 81.5 Å². The van der Waals surface area contributed by atoms with Crippen molar-refractivity contribution in [1.29, 1.82) is 0 Å². The van der Waals surface area contributed by atoms with Crippen LogP contribution in [0.2, 0.25) is 0 Å². The quantitative estimate of drug-likeness (QED) is 0.633. The molecule has 14 heavy (non-hydrogen) atoms.